The van der Waals surface area contributed by atoms with Gasteiger partial charge in [0.05, 0.1) is 66.2 Å². The van der Waals surface area contributed by atoms with E-state index < -0.39 is 42.5 Å². The average molecular weight is 1070 g/mol. The molecule has 2 aromatic heterocycles. The van der Waals surface area contributed by atoms with Crippen LogP contribution in [0.3, 0.4) is 0 Å². The van der Waals surface area contributed by atoms with Crippen LogP contribution >= 0.6 is 0 Å². The number of hydrogen-bond donors (Lipinski definition) is 1. The quantitative estimate of drug-likeness (QED) is 0.0743. The van der Waals surface area contributed by atoms with E-state index in [9.17, 15) is 4.79 Å². The van der Waals surface area contributed by atoms with E-state index >= 15 is 4.79 Å². The number of imide groups is 1. The van der Waals surface area contributed by atoms with Crippen molar-refractivity contribution in [2.24, 2.45) is 0 Å². The molecule has 12 heteroatoms. The Hall–Kier alpha value is -8.88. The summed E-state index contributed by atoms with van der Waals surface area (Å²) in [5, 5.41) is 2.61. The van der Waals surface area contributed by atoms with Gasteiger partial charge in [0.15, 0.2) is 6.23 Å². The number of nitrogens with zero attached hydrogens (tertiary/aromatic N) is 2. The molecule has 0 radical (unpaired) electrons. The number of hydrogen-bond acceptors (Lipinski definition) is 9. The molecule has 1 saturated heterocycles. The van der Waals surface area contributed by atoms with E-state index in [0.29, 0.717) is 75.2 Å². The first-order valence-corrected chi connectivity index (χ1v) is 27.4. The van der Waals surface area contributed by atoms with Crippen molar-refractivity contribution in [3.8, 4) is 11.5 Å². The molecule has 2 aliphatic heterocycles. The summed E-state index contributed by atoms with van der Waals surface area (Å²) in [6.07, 6.45) is -4.11. The number of rotatable bonds is 20. The van der Waals surface area contributed by atoms with Gasteiger partial charge in [-0.15, -0.1) is 0 Å². The Morgan fingerprint density at radius 1 is 0.457 bits per heavy atom. The number of benzene rings is 9. The Morgan fingerprint density at radius 2 is 0.901 bits per heavy atom. The first-order chi connectivity index (χ1) is 39.9. The van der Waals surface area contributed by atoms with Gasteiger partial charge in [0, 0.05) is 34.7 Å². The highest BCUT2D eigenvalue weighted by Gasteiger charge is 2.51. The van der Waals surface area contributed by atoms with Gasteiger partial charge in [0.1, 0.15) is 49.1 Å². The van der Waals surface area contributed by atoms with Gasteiger partial charge in [-0.2, -0.15) is 0 Å². The van der Waals surface area contributed by atoms with Gasteiger partial charge >= 0.3 is 0 Å². The number of carbonyl (C=O) groups excluding carboxylic acids is 2. The van der Waals surface area contributed by atoms with Crippen LogP contribution in [0.15, 0.2) is 218 Å². The largest absolute Gasteiger partial charge is 0.489 e. The van der Waals surface area contributed by atoms with Crippen LogP contribution < -0.4 is 9.47 Å². The molecule has 2 aliphatic rings. The second-order valence-electron chi connectivity index (χ2n) is 20.7. The molecular formula is C69H59N3O9. The van der Waals surface area contributed by atoms with Crippen LogP contribution in [-0.4, -0.2) is 64.3 Å². The topological polar surface area (TPSA) is 123 Å². The molecule has 2 amide bonds. The van der Waals surface area contributed by atoms with E-state index in [1.807, 2.05) is 218 Å². The second kappa shape index (κ2) is 23.1. The van der Waals surface area contributed by atoms with Crippen molar-refractivity contribution < 1.29 is 42.7 Å². The van der Waals surface area contributed by atoms with Crippen LogP contribution in [-0.2, 0) is 63.3 Å². The molecule has 0 bridgehead atoms. The van der Waals surface area contributed by atoms with Crippen molar-refractivity contribution in [2.45, 2.75) is 70.3 Å². The maximum absolute atomic E-state index is 15.1. The summed E-state index contributed by atoms with van der Waals surface area (Å²) in [4.78, 5) is 34.9. The summed E-state index contributed by atoms with van der Waals surface area (Å²) in [6.45, 7) is 1.80. The zero-order chi connectivity index (χ0) is 54.7. The summed E-state index contributed by atoms with van der Waals surface area (Å²) >= 11 is 0. The van der Waals surface area contributed by atoms with Crippen LogP contribution in [0, 0.1) is 0 Å². The molecule has 81 heavy (non-hydrogen) atoms. The maximum Gasteiger partial charge on any atom is 0.262 e. The predicted octanol–water partition coefficient (Wildman–Crippen LogP) is 13.7. The molecule has 1 N–H and O–H groups in total. The highest BCUT2D eigenvalue weighted by molar-refractivity contribution is 6.39. The average Bonchev–Trinajstić information content (AvgIpc) is 2.66. The monoisotopic (exact) mass is 1070 g/mol. The summed E-state index contributed by atoms with van der Waals surface area (Å²) in [5.41, 5.74) is 9.22. The summed E-state index contributed by atoms with van der Waals surface area (Å²) in [6, 6.07) is 72.0. The molecule has 0 spiro atoms. The van der Waals surface area contributed by atoms with Crippen LogP contribution in [0.5, 0.6) is 11.5 Å². The van der Waals surface area contributed by atoms with Gasteiger partial charge in [0.25, 0.3) is 11.8 Å². The number of aromatic amines is 1. The van der Waals surface area contributed by atoms with Crippen molar-refractivity contribution >= 4 is 55.4 Å². The van der Waals surface area contributed by atoms with Crippen molar-refractivity contribution in [2.75, 3.05) is 13.7 Å². The van der Waals surface area contributed by atoms with E-state index in [1.165, 1.54) is 4.90 Å². The molecule has 404 valence electrons. The molecule has 11 aromatic rings. The molecule has 0 saturated carbocycles. The summed E-state index contributed by atoms with van der Waals surface area (Å²) in [7, 11) is 1.54. The minimum atomic E-state index is -0.977. The Kier molecular flexibility index (Phi) is 14.7. The lowest BCUT2D eigenvalue weighted by molar-refractivity contribution is -0.288. The zero-order valence-electron chi connectivity index (χ0n) is 44.7. The lowest BCUT2D eigenvalue weighted by Crippen LogP contribution is -2.59. The normalized spacial score (nSPS) is 18.1. The number of H-pyrrole nitrogens is 1. The molecule has 4 heterocycles. The third-order valence-corrected chi connectivity index (χ3v) is 15.4. The van der Waals surface area contributed by atoms with Crippen LogP contribution in [0.1, 0.15) is 60.3 Å². The van der Waals surface area contributed by atoms with Gasteiger partial charge in [0.2, 0.25) is 0 Å². The van der Waals surface area contributed by atoms with E-state index in [1.54, 1.807) is 7.05 Å². The number of carbonyl (C=O) groups is 2. The van der Waals surface area contributed by atoms with Gasteiger partial charge in [-0.1, -0.05) is 182 Å². The molecule has 13 rings (SSSR count). The lowest BCUT2D eigenvalue weighted by atomic mass is 9.95. The second-order valence-corrected chi connectivity index (χ2v) is 20.7. The molecular weight excluding hydrogens is 1010 g/mol. The van der Waals surface area contributed by atoms with Crippen LogP contribution in [0.2, 0.25) is 0 Å². The zero-order valence-corrected chi connectivity index (χ0v) is 44.7. The highest BCUT2D eigenvalue weighted by atomic mass is 16.6. The van der Waals surface area contributed by atoms with Crippen LogP contribution in [0.25, 0.3) is 43.6 Å². The number of fused-ring (bicyclic) bond motifs is 10. The van der Waals surface area contributed by atoms with Crippen molar-refractivity contribution in [1.82, 2.24) is 14.5 Å². The third kappa shape index (κ3) is 10.5. The molecule has 0 unspecified atom stereocenters. The fourth-order valence-electron chi connectivity index (χ4n) is 11.4. The van der Waals surface area contributed by atoms with E-state index in [4.69, 9.17) is 33.2 Å². The molecule has 1 fully saturated rings. The SMILES string of the molecule is CN1C(=O)c2c(c3c4cc(OCc5ccccc5)ccc4n([C@@H]4O[C@H](COCc5ccccc5)[C@@H](OCc5ccccc5)[C@H](OCc5ccccc5)[C@H]4OCc4ccccc4)c3c3[nH]c4cc(OCc5ccccc5)ccc4c23)C1=O. The Morgan fingerprint density at radius 3 is 1.43 bits per heavy atom. The molecule has 12 nitrogen and oxygen atoms in total. The van der Waals surface area contributed by atoms with Gasteiger partial charge in [-0.25, -0.2) is 0 Å². The van der Waals surface area contributed by atoms with Gasteiger partial charge in [-0.05, 0) is 63.7 Å². The molecule has 5 atom stereocenters. The number of amides is 2. The Bertz CT molecular complexity index is 3990. The Balaban J connectivity index is 1.04. The van der Waals surface area contributed by atoms with Crippen molar-refractivity contribution in [3.05, 3.63) is 263 Å². The number of ether oxygens (including phenoxy) is 7. The van der Waals surface area contributed by atoms with Gasteiger partial charge < -0.3 is 42.7 Å². The summed E-state index contributed by atoms with van der Waals surface area (Å²) in [5.74, 6) is 0.398. The van der Waals surface area contributed by atoms with Crippen molar-refractivity contribution in [3.63, 3.8) is 0 Å². The minimum Gasteiger partial charge on any atom is -0.489 e. The maximum atomic E-state index is 15.1. The van der Waals surface area contributed by atoms with E-state index in [0.717, 1.165) is 44.3 Å². The molecule has 0 aliphatic carbocycles. The van der Waals surface area contributed by atoms with Crippen molar-refractivity contribution in [1.29, 1.82) is 0 Å². The minimum absolute atomic E-state index is 0.122. The molecule has 9 aromatic carbocycles. The predicted molar refractivity (Wildman–Crippen MR) is 312 cm³/mol. The fourth-order valence-corrected chi connectivity index (χ4v) is 11.4. The third-order valence-electron chi connectivity index (χ3n) is 15.4. The van der Waals surface area contributed by atoms with Gasteiger partial charge in [-0.3, -0.25) is 14.5 Å². The fraction of sp³-hybridized carbons (Fsp3) is 0.188. The first kappa shape index (κ1) is 51.6. The van der Waals surface area contributed by atoms with E-state index in [2.05, 4.69) is 9.55 Å². The van der Waals surface area contributed by atoms with E-state index in [-0.39, 0.29) is 26.4 Å². The highest BCUT2D eigenvalue weighted by Crippen LogP contribution is 2.49. The standard InChI is InChI=1S/C69H59N3O9/c1-71-67(73)60-58-53-34-32-52(77-40-47-24-12-4-13-25-47)37-55(53)70-62(58)63-59(61(60)68(71)74)54-36-51(76-39-46-22-10-3-11-23-46)33-35-56(54)72(63)69-66(80-43-50-30-18-7-19-31-50)65(79-42-49-28-16-6-17-29-49)64(78-41-48-26-14-5-15-27-48)57(81-69)44-75-38-45-20-8-2-9-21-45/h2-37,57,64-66,69-70H,38-44H2,1H3/t57-,64-,65+,66-,69-/m1/s1. The number of aromatic nitrogens is 2. The first-order valence-electron chi connectivity index (χ1n) is 27.4. The smallest absolute Gasteiger partial charge is 0.262 e. The lowest BCUT2D eigenvalue weighted by Gasteiger charge is -2.47. The van der Waals surface area contributed by atoms with Crippen LogP contribution in [0.4, 0.5) is 0 Å². The Labute approximate surface area is 468 Å². The number of nitrogens with one attached hydrogen (secondary N) is 1. The summed E-state index contributed by atoms with van der Waals surface area (Å²) < 4.78 is 51.2.